The molecule has 0 bridgehead atoms. The summed E-state index contributed by atoms with van der Waals surface area (Å²) in [5.41, 5.74) is -5.42. The summed E-state index contributed by atoms with van der Waals surface area (Å²) in [6.45, 7) is 0. The molecule has 0 aliphatic heterocycles. The Kier molecular flexibility index (Phi) is 2.89. The summed E-state index contributed by atoms with van der Waals surface area (Å²) in [5, 5.41) is 0. The van der Waals surface area contributed by atoms with Gasteiger partial charge < -0.3 is 4.57 Å². The summed E-state index contributed by atoms with van der Waals surface area (Å²) in [5.74, 6) is 0. The van der Waals surface area contributed by atoms with Gasteiger partial charge in [0.1, 0.15) is 4.90 Å². The second-order valence-corrected chi connectivity index (χ2v) is 5.30. The van der Waals surface area contributed by atoms with Crippen molar-refractivity contribution in [2.75, 3.05) is 0 Å². The molecule has 0 N–H and O–H groups in total. The Labute approximate surface area is 101 Å². The van der Waals surface area contributed by atoms with E-state index in [0.717, 1.165) is 6.07 Å². The van der Waals surface area contributed by atoms with Gasteiger partial charge in [-0.1, -0.05) is 12.1 Å². The molecule has 4 nitrogen and oxygen atoms in total. The monoisotopic (exact) mass is 276 g/mol. The summed E-state index contributed by atoms with van der Waals surface area (Å²) in [6, 6.07) is 4.88. The van der Waals surface area contributed by atoms with Crippen LogP contribution in [0.15, 0.2) is 47.9 Å². The van der Waals surface area contributed by atoms with E-state index in [1.54, 1.807) is 0 Å². The Balaban J connectivity index is 2.68. The van der Waals surface area contributed by atoms with Gasteiger partial charge in [-0.25, -0.2) is 13.4 Å². The van der Waals surface area contributed by atoms with E-state index in [-0.39, 0.29) is 5.69 Å². The van der Waals surface area contributed by atoms with Crippen LogP contribution in [0.25, 0.3) is 5.69 Å². The summed E-state index contributed by atoms with van der Waals surface area (Å²) >= 11 is 0. The molecule has 0 fully saturated rings. The number of hydrogen-bond acceptors (Lipinski definition) is 3. The Morgan fingerprint density at radius 1 is 1.17 bits per heavy atom. The first-order valence-corrected chi connectivity index (χ1v) is 6.21. The van der Waals surface area contributed by atoms with Gasteiger partial charge in [-0.05, 0) is 12.1 Å². The molecule has 0 radical (unpaired) electrons. The van der Waals surface area contributed by atoms with E-state index in [9.17, 15) is 21.6 Å². The highest BCUT2D eigenvalue weighted by Gasteiger charge is 2.48. The predicted molar refractivity (Wildman–Crippen MR) is 56.8 cm³/mol. The molecular formula is C10H7F3N2O2S. The van der Waals surface area contributed by atoms with Crippen LogP contribution in [-0.2, 0) is 9.84 Å². The summed E-state index contributed by atoms with van der Waals surface area (Å²) in [4.78, 5) is 2.87. The molecule has 2 rings (SSSR count). The van der Waals surface area contributed by atoms with Gasteiger partial charge >= 0.3 is 5.51 Å². The zero-order valence-corrected chi connectivity index (χ0v) is 9.61. The van der Waals surface area contributed by atoms with Crippen LogP contribution in [0, 0.1) is 0 Å². The van der Waals surface area contributed by atoms with Crippen molar-refractivity contribution in [2.24, 2.45) is 0 Å². The van der Waals surface area contributed by atoms with Gasteiger partial charge in [0.2, 0.25) is 0 Å². The number of rotatable bonds is 2. The first kappa shape index (κ1) is 12.6. The maximum Gasteiger partial charge on any atom is 0.501 e. The van der Waals surface area contributed by atoms with Gasteiger partial charge in [0.15, 0.2) is 0 Å². The summed E-state index contributed by atoms with van der Waals surface area (Å²) < 4.78 is 61.6. The molecule has 1 aromatic carbocycles. The fourth-order valence-electron chi connectivity index (χ4n) is 1.42. The fraction of sp³-hybridized carbons (Fsp3) is 0.100. The van der Waals surface area contributed by atoms with E-state index >= 15 is 0 Å². The maximum absolute atomic E-state index is 12.5. The molecule has 18 heavy (non-hydrogen) atoms. The first-order valence-electron chi connectivity index (χ1n) is 4.73. The lowest BCUT2D eigenvalue weighted by Gasteiger charge is -2.12. The lowest BCUT2D eigenvalue weighted by atomic mass is 10.3. The SMILES string of the molecule is O=S(=O)(c1ccccc1-n1ccnc1)C(F)(F)F. The van der Waals surface area contributed by atoms with Crippen molar-refractivity contribution in [1.29, 1.82) is 0 Å². The molecule has 0 aliphatic rings. The molecule has 0 saturated carbocycles. The minimum Gasteiger partial charge on any atom is -0.305 e. The molecule has 2 aromatic rings. The van der Waals surface area contributed by atoms with E-state index in [4.69, 9.17) is 0 Å². The Morgan fingerprint density at radius 3 is 2.39 bits per heavy atom. The van der Waals surface area contributed by atoms with Gasteiger partial charge in [-0.3, -0.25) is 0 Å². The minimum absolute atomic E-state index is 0.0904. The lowest BCUT2D eigenvalue weighted by molar-refractivity contribution is -0.0436. The highest BCUT2D eigenvalue weighted by Crippen LogP contribution is 2.33. The van der Waals surface area contributed by atoms with Gasteiger partial charge in [-0.15, -0.1) is 0 Å². The van der Waals surface area contributed by atoms with Crippen LogP contribution in [-0.4, -0.2) is 23.5 Å². The second-order valence-electron chi connectivity index (χ2n) is 3.39. The molecule has 1 heterocycles. The van der Waals surface area contributed by atoms with Gasteiger partial charge in [0, 0.05) is 12.4 Å². The van der Waals surface area contributed by atoms with Crippen LogP contribution in [0.2, 0.25) is 0 Å². The van der Waals surface area contributed by atoms with Crippen molar-refractivity contribution < 1.29 is 21.6 Å². The highest BCUT2D eigenvalue weighted by molar-refractivity contribution is 7.92. The molecule has 0 amide bonds. The molecule has 96 valence electrons. The number of hydrogen-bond donors (Lipinski definition) is 0. The molecule has 0 unspecified atom stereocenters. The molecule has 0 saturated heterocycles. The number of halogens is 3. The molecule has 0 aliphatic carbocycles. The Hall–Kier alpha value is -1.83. The third kappa shape index (κ3) is 1.99. The van der Waals surface area contributed by atoms with Crippen molar-refractivity contribution in [3.05, 3.63) is 43.0 Å². The van der Waals surface area contributed by atoms with E-state index in [2.05, 4.69) is 4.98 Å². The van der Waals surface area contributed by atoms with Gasteiger partial charge in [0.25, 0.3) is 9.84 Å². The largest absolute Gasteiger partial charge is 0.501 e. The number of benzene rings is 1. The minimum atomic E-state index is -5.38. The molecular weight excluding hydrogens is 269 g/mol. The molecule has 0 atom stereocenters. The first-order chi connectivity index (χ1) is 8.34. The van der Waals surface area contributed by atoms with Crippen molar-refractivity contribution in [1.82, 2.24) is 9.55 Å². The molecule has 0 spiro atoms. The number of alkyl halides is 3. The van der Waals surface area contributed by atoms with E-state index in [1.165, 1.54) is 41.5 Å². The third-order valence-electron chi connectivity index (χ3n) is 2.24. The molecule has 1 aromatic heterocycles. The average Bonchev–Trinajstić information content (AvgIpc) is 2.81. The number of aromatic nitrogens is 2. The van der Waals surface area contributed by atoms with E-state index in [0.29, 0.717) is 0 Å². The van der Waals surface area contributed by atoms with Crippen LogP contribution in [0.5, 0.6) is 0 Å². The van der Waals surface area contributed by atoms with Crippen LogP contribution in [0.4, 0.5) is 13.2 Å². The van der Waals surface area contributed by atoms with E-state index in [1.807, 2.05) is 0 Å². The summed E-state index contributed by atoms with van der Waals surface area (Å²) in [6.07, 6.45) is 3.94. The fourth-order valence-corrected chi connectivity index (χ4v) is 2.38. The van der Waals surface area contributed by atoms with Gasteiger partial charge in [-0.2, -0.15) is 13.2 Å². The predicted octanol–water partition coefficient (Wildman–Crippen LogP) is 2.17. The van der Waals surface area contributed by atoms with Crippen molar-refractivity contribution in [3.8, 4) is 5.69 Å². The molecule has 8 heteroatoms. The Morgan fingerprint density at radius 2 is 1.83 bits per heavy atom. The zero-order valence-electron chi connectivity index (χ0n) is 8.79. The van der Waals surface area contributed by atoms with Crippen molar-refractivity contribution in [3.63, 3.8) is 0 Å². The number of para-hydroxylation sites is 1. The number of imidazole rings is 1. The van der Waals surface area contributed by atoms with Gasteiger partial charge in [0.05, 0.1) is 12.0 Å². The zero-order chi connectivity index (χ0) is 13.4. The van der Waals surface area contributed by atoms with Crippen LogP contribution >= 0.6 is 0 Å². The van der Waals surface area contributed by atoms with Crippen molar-refractivity contribution in [2.45, 2.75) is 10.4 Å². The number of nitrogens with zero attached hydrogens (tertiary/aromatic N) is 2. The normalized spacial score (nSPS) is 12.6. The maximum atomic E-state index is 12.5. The Bertz CT molecular complexity index is 648. The van der Waals surface area contributed by atoms with Crippen LogP contribution in [0.1, 0.15) is 0 Å². The smallest absolute Gasteiger partial charge is 0.305 e. The number of sulfone groups is 1. The second kappa shape index (κ2) is 4.13. The topological polar surface area (TPSA) is 52.0 Å². The standard InChI is InChI=1S/C10H7F3N2O2S/c11-10(12,13)18(16,17)9-4-2-1-3-8(9)15-6-5-14-7-15/h1-7H. The lowest BCUT2D eigenvalue weighted by Crippen LogP contribution is -2.24. The third-order valence-corrected chi connectivity index (χ3v) is 3.78. The van der Waals surface area contributed by atoms with Crippen molar-refractivity contribution >= 4 is 9.84 Å². The summed E-state index contributed by atoms with van der Waals surface area (Å²) in [7, 11) is -5.38. The van der Waals surface area contributed by atoms with Crippen LogP contribution in [0.3, 0.4) is 0 Å². The van der Waals surface area contributed by atoms with Crippen LogP contribution < -0.4 is 0 Å². The average molecular weight is 276 g/mol. The highest BCUT2D eigenvalue weighted by atomic mass is 32.2. The quantitative estimate of drug-likeness (QED) is 0.844. The van der Waals surface area contributed by atoms with E-state index < -0.39 is 20.2 Å².